The van der Waals surface area contributed by atoms with Crippen molar-refractivity contribution < 1.29 is 22.6 Å². The smallest absolute Gasteiger partial charge is 0.315 e. The maximum absolute atomic E-state index is 15.5. The van der Waals surface area contributed by atoms with Gasteiger partial charge in [0, 0.05) is 31.2 Å². The number of halogens is 3. The minimum absolute atomic E-state index is 0.0564. The minimum Gasteiger partial charge on any atom is -0.483 e. The van der Waals surface area contributed by atoms with E-state index in [2.05, 4.69) is 35.9 Å². The summed E-state index contributed by atoms with van der Waals surface area (Å²) >= 11 is 0. The van der Waals surface area contributed by atoms with Gasteiger partial charge >= 0.3 is 5.92 Å². The molecule has 1 aliphatic heterocycles. The summed E-state index contributed by atoms with van der Waals surface area (Å²) in [5.41, 5.74) is 2.28. The highest BCUT2D eigenvalue weighted by molar-refractivity contribution is 5.66. The fourth-order valence-corrected chi connectivity index (χ4v) is 5.45. The van der Waals surface area contributed by atoms with E-state index in [-0.39, 0.29) is 23.6 Å². The summed E-state index contributed by atoms with van der Waals surface area (Å²) in [6, 6.07) is 11.1. The van der Waals surface area contributed by atoms with E-state index in [0.717, 1.165) is 30.4 Å². The quantitative estimate of drug-likeness (QED) is 0.140. The molecule has 2 aromatic carbocycles. The third-order valence-electron chi connectivity index (χ3n) is 8.01. The average molecular weight is 583 g/mol. The molecule has 0 aliphatic carbocycles. The van der Waals surface area contributed by atoms with E-state index in [1.807, 2.05) is 12.1 Å². The Morgan fingerprint density at radius 2 is 1.40 bits per heavy atom. The first-order valence-corrected chi connectivity index (χ1v) is 15.8. The van der Waals surface area contributed by atoms with E-state index in [1.54, 1.807) is 12.4 Å². The summed E-state index contributed by atoms with van der Waals surface area (Å²) in [5.74, 6) is -4.50. The predicted molar refractivity (Wildman–Crippen MR) is 162 cm³/mol. The molecule has 1 atom stereocenters. The molecular formula is C35H45F3N2O2. The van der Waals surface area contributed by atoms with Crippen molar-refractivity contribution in [2.45, 2.75) is 109 Å². The first kappa shape index (κ1) is 32.0. The van der Waals surface area contributed by atoms with E-state index in [1.165, 1.54) is 62.6 Å². The van der Waals surface area contributed by atoms with E-state index < -0.39 is 23.4 Å². The van der Waals surface area contributed by atoms with Crippen molar-refractivity contribution in [2.75, 3.05) is 13.2 Å². The van der Waals surface area contributed by atoms with E-state index in [9.17, 15) is 0 Å². The van der Waals surface area contributed by atoms with Crippen molar-refractivity contribution >= 4 is 0 Å². The van der Waals surface area contributed by atoms with Crippen LogP contribution in [-0.4, -0.2) is 29.3 Å². The number of hydrogen-bond donors (Lipinski definition) is 0. The summed E-state index contributed by atoms with van der Waals surface area (Å²) in [6.07, 6.45) is 15.0. The Morgan fingerprint density at radius 3 is 2.10 bits per heavy atom. The minimum atomic E-state index is -3.44. The number of alkyl halides is 2. The Hall–Kier alpha value is -2.93. The third kappa shape index (κ3) is 8.33. The van der Waals surface area contributed by atoms with E-state index >= 15 is 13.2 Å². The second kappa shape index (κ2) is 16.1. The Labute approximate surface area is 249 Å². The van der Waals surface area contributed by atoms with Crippen LogP contribution >= 0.6 is 0 Å². The summed E-state index contributed by atoms with van der Waals surface area (Å²) in [4.78, 5) is 8.66. The molecule has 0 saturated carbocycles. The van der Waals surface area contributed by atoms with Crippen LogP contribution in [0.25, 0.3) is 22.5 Å². The molecule has 1 unspecified atom stereocenters. The van der Waals surface area contributed by atoms with Crippen LogP contribution in [0.4, 0.5) is 13.2 Å². The van der Waals surface area contributed by atoms with E-state index in [4.69, 9.17) is 9.47 Å². The summed E-state index contributed by atoms with van der Waals surface area (Å²) in [6.45, 7) is 5.61. The highest BCUT2D eigenvalue weighted by Crippen LogP contribution is 2.49. The molecule has 0 spiro atoms. The Morgan fingerprint density at radius 1 is 0.762 bits per heavy atom. The number of aromatic nitrogens is 2. The first-order valence-electron chi connectivity index (χ1n) is 15.8. The summed E-state index contributed by atoms with van der Waals surface area (Å²) in [5, 5.41) is 0. The normalized spacial score (nSPS) is 15.5. The third-order valence-corrected chi connectivity index (χ3v) is 8.01. The number of rotatable bonds is 18. The number of nitrogens with zero attached hydrogens (tertiary/aromatic N) is 2. The summed E-state index contributed by atoms with van der Waals surface area (Å²) < 4.78 is 57.3. The van der Waals surface area contributed by atoms with Crippen molar-refractivity contribution in [3.05, 3.63) is 65.7 Å². The first-order chi connectivity index (χ1) is 20.5. The average Bonchev–Trinajstić information content (AvgIpc) is 3.26. The van der Waals surface area contributed by atoms with Crippen LogP contribution in [0.1, 0.15) is 102 Å². The monoisotopic (exact) mass is 582 g/mol. The molecule has 0 amide bonds. The van der Waals surface area contributed by atoms with Crippen LogP contribution in [0.5, 0.6) is 5.75 Å². The zero-order chi connectivity index (χ0) is 29.8. The van der Waals surface area contributed by atoms with Crippen molar-refractivity contribution in [2.24, 2.45) is 0 Å². The Bertz CT molecular complexity index is 1230. The topological polar surface area (TPSA) is 44.2 Å². The second-order valence-electron chi connectivity index (χ2n) is 11.4. The van der Waals surface area contributed by atoms with Gasteiger partial charge in [-0.15, -0.1) is 0 Å². The number of hydrogen-bond acceptors (Lipinski definition) is 4. The van der Waals surface area contributed by atoms with Gasteiger partial charge in [-0.05, 0) is 61.8 Å². The molecule has 4 rings (SSSR count). The van der Waals surface area contributed by atoms with Crippen LogP contribution in [0.15, 0.2) is 48.8 Å². The Kier molecular flexibility index (Phi) is 12.2. The number of aryl methyl sites for hydroxylation is 1. The van der Waals surface area contributed by atoms with Crippen LogP contribution in [0.3, 0.4) is 0 Å². The lowest BCUT2D eigenvalue weighted by molar-refractivity contribution is -0.0815. The molecule has 42 heavy (non-hydrogen) atoms. The van der Waals surface area contributed by atoms with Crippen LogP contribution in [-0.2, 0) is 17.1 Å². The van der Waals surface area contributed by atoms with Gasteiger partial charge in [-0.1, -0.05) is 83.1 Å². The van der Waals surface area contributed by atoms with Crippen LogP contribution in [0, 0.1) is 5.82 Å². The van der Waals surface area contributed by atoms with Gasteiger partial charge in [0.2, 0.25) is 0 Å². The standard InChI is InChI=1S/C35H45F3N2O2/c1-3-5-7-9-10-14-26-16-18-27(19-17-26)28-24-39-34(40-25-28)29-20-21-30-32(33(29)36)35(37,38)31(42-30)15-11-13-23-41-22-12-8-6-4-2/h16-21,24-25,31H,3-15,22-23H2,1-2H3. The van der Waals surface area contributed by atoms with Gasteiger partial charge in [-0.3, -0.25) is 0 Å². The van der Waals surface area contributed by atoms with Gasteiger partial charge in [-0.25, -0.2) is 14.4 Å². The van der Waals surface area contributed by atoms with Gasteiger partial charge in [0.25, 0.3) is 0 Å². The van der Waals surface area contributed by atoms with Crippen molar-refractivity contribution in [3.63, 3.8) is 0 Å². The Balaban J connectivity index is 1.33. The van der Waals surface area contributed by atoms with Crippen LogP contribution < -0.4 is 4.74 Å². The zero-order valence-corrected chi connectivity index (χ0v) is 25.1. The summed E-state index contributed by atoms with van der Waals surface area (Å²) in [7, 11) is 0. The lowest BCUT2D eigenvalue weighted by Gasteiger charge is -2.18. The highest BCUT2D eigenvalue weighted by Gasteiger charge is 2.53. The molecule has 0 fully saturated rings. The molecular weight excluding hydrogens is 537 g/mol. The fraction of sp³-hybridized carbons (Fsp3) is 0.543. The highest BCUT2D eigenvalue weighted by atomic mass is 19.3. The lowest BCUT2D eigenvalue weighted by Crippen LogP contribution is -2.30. The molecule has 1 aromatic heterocycles. The van der Waals surface area contributed by atoms with Gasteiger partial charge in [0.15, 0.2) is 11.9 Å². The zero-order valence-electron chi connectivity index (χ0n) is 25.1. The molecule has 0 saturated heterocycles. The molecule has 228 valence electrons. The van der Waals surface area contributed by atoms with Crippen molar-refractivity contribution in [1.29, 1.82) is 0 Å². The molecule has 1 aliphatic rings. The van der Waals surface area contributed by atoms with Crippen molar-refractivity contribution in [3.8, 4) is 28.3 Å². The maximum Gasteiger partial charge on any atom is 0.315 e. The molecule has 3 aromatic rings. The van der Waals surface area contributed by atoms with Gasteiger partial charge in [0.1, 0.15) is 17.1 Å². The lowest BCUT2D eigenvalue weighted by atomic mass is 9.98. The molecule has 7 heteroatoms. The number of benzene rings is 2. The molecule has 0 radical (unpaired) electrons. The van der Waals surface area contributed by atoms with Gasteiger partial charge in [-0.2, -0.15) is 8.78 Å². The van der Waals surface area contributed by atoms with E-state index in [0.29, 0.717) is 26.1 Å². The van der Waals surface area contributed by atoms with Crippen LogP contribution in [0.2, 0.25) is 0 Å². The molecule has 2 heterocycles. The van der Waals surface area contributed by atoms with Crippen molar-refractivity contribution in [1.82, 2.24) is 9.97 Å². The molecule has 0 N–H and O–H groups in total. The molecule has 0 bridgehead atoms. The number of unbranched alkanes of at least 4 members (excludes halogenated alkanes) is 8. The fourth-order valence-electron chi connectivity index (χ4n) is 5.45. The number of ether oxygens (including phenoxy) is 2. The SMILES string of the molecule is CCCCCCCc1ccc(-c2cnc(-c3ccc4c(c3F)C(F)(F)C(CCCCOCCCCCC)O4)nc2)cc1. The predicted octanol–water partition coefficient (Wildman–Crippen LogP) is 10.1. The second-order valence-corrected chi connectivity index (χ2v) is 11.4. The molecule has 4 nitrogen and oxygen atoms in total. The van der Waals surface area contributed by atoms with Gasteiger partial charge < -0.3 is 9.47 Å². The number of fused-ring (bicyclic) bond motifs is 1. The largest absolute Gasteiger partial charge is 0.483 e. The van der Waals surface area contributed by atoms with Gasteiger partial charge in [0.05, 0.1) is 5.56 Å². The maximum atomic E-state index is 15.5.